The molecule has 0 aliphatic heterocycles. The number of carbonyl (C=O) groups excluding carboxylic acids is 1. The Morgan fingerprint density at radius 2 is 2.32 bits per heavy atom. The summed E-state index contributed by atoms with van der Waals surface area (Å²) >= 11 is 0. The molecule has 2 aromatic rings. The molecule has 1 heterocycles. The van der Waals surface area contributed by atoms with Gasteiger partial charge >= 0.3 is 5.97 Å². The summed E-state index contributed by atoms with van der Waals surface area (Å²) in [5.74, 6) is 1.23. The number of ether oxygens (including phenoxy) is 1. The van der Waals surface area contributed by atoms with Gasteiger partial charge in [0.25, 0.3) is 0 Å². The minimum atomic E-state index is -0.222. The summed E-state index contributed by atoms with van der Waals surface area (Å²) in [5, 5.41) is 0. The Labute approximate surface area is 111 Å². The predicted molar refractivity (Wildman–Crippen MR) is 72.8 cm³/mol. The van der Waals surface area contributed by atoms with Crippen molar-refractivity contribution in [3.05, 3.63) is 24.0 Å². The maximum absolute atomic E-state index is 11.7. The second-order valence-corrected chi connectivity index (χ2v) is 4.88. The molecule has 19 heavy (non-hydrogen) atoms. The normalized spacial score (nSPS) is 14.8. The minimum Gasteiger partial charge on any atom is -0.465 e. The van der Waals surface area contributed by atoms with Crippen LogP contribution in [0.1, 0.15) is 31.5 Å². The van der Waals surface area contributed by atoms with Gasteiger partial charge in [-0.25, -0.2) is 4.98 Å². The molecule has 0 spiro atoms. The van der Waals surface area contributed by atoms with Crippen LogP contribution in [0, 0.1) is 0 Å². The van der Waals surface area contributed by atoms with Gasteiger partial charge in [-0.05, 0) is 38.0 Å². The van der Waals surface area contributed by atoms with Crippen LogP contribution in [0.3, 0.4) is 0 Å². The molecule has 0 amide bonds. The van der Waals surface area contributed by atoms with E-state index in [1.165, 1.54) is 0 Å². The van der Waals surface area contributed by atoms with Gasteiger partial charge in [-0.3, -0.25) is 4.79 Å². The molecule has 2 N–H and O–H groups in total. The number of imidazole rings is 1. The SMILES string of the molecule is CCOC(=O)Cn1c(C2CC2)nc2cc(N)ccc21. The number of nitrogen functional groups attached to an aromatic ring is 1. The van der Waals surface area contributed by atoms with Crippen LogP contribution in [0.4, 0.5) is 5.69 Å². The van der Waals surface area contributed by atoms with Crippen molar-refractivity contribution in [2.75, 3.05) is 12.3 Å². The molecule has 5 nitrogen and oxygen atoms in total. The summed E-state index contributed by atoms with van der Waals surface area (Å²) in [5.41, 5.74) is 8.27. The van der Waals surface area contributed by atoms with Crippen molar-refractivity contribution in [2.24, 2.45) is 0 Å². The molecule has 1 aliphatic carbocycles. The van der Waals surface area contributed by atoms with Crippen molar-refractivity contribution < 1.29 is 9.53 Å². The van der Waals surface area contributed by atoms with Gasteiger partial charge in [-0.1, -0.05) is 0 Å². The van der Waals surface area contributed by atoms with Gasteiger partial charge in [0.1, 0.15) is 12.4 Å². The molecule has 0 radical (unpaired) electrons. The zero-order valence-corrected chi connectivity index (χ0v) is 10.9. The number of carbonyl (C=O) groups is 1. The zero-order valence-electron chi connectivity index (χ0n) is 10.9. The van der Waals surface area contributed by atoms with E-state index in [0.717, 1.165) is 29.7 Å². The fraction of sp³-hybridized carbons (Fsp3) is 0.429. The highest BCUT2D eigenvalue weighted by Crippen LogP contribution is 2.40. The first-order chi connectivity index (χ1) is 9.19. The second kappa shape index (κ2) is 4.57. The average Bonchev–Trinajstić information content (AvgIpc) is 3.14. The third kappa shape index (κ3) is 2.28. The Morgan fingerprint density at radius 3 is 3.00 bits per heavy atom. The van der Waals surface area contributed by atoms with E-state index >= 15 is 0 Å². The minimum absolute atomic E-state index is 0.222. The topological polar surface area (TPSA) is 70.1 Å². The van der Waals surface area contributed by atoms with Crippen LogP contribution in [0.5, 0.6) is 0 Å². The van der Waals surface area contributed by atoms with Gasteiger partial charge < -0.3 is 15.0 Å². The van der Waals surface area contributed by atoms with Gasteiger partial charge in [-0.2, -0.15) is 0 Å². The highest BCUT2D eigenvalue weighted by molar-refractivity contribution is 5.81. The Kier molecular flexibility index (Phi) is 2.89. The Hall–Kier alpha value is -2.04. The lowest BCUT2D eigenvalue weighted by Gasteiger charge is -2.08. The fourth-order valence-electron chi connectivity index (χ4n) is 2.32. The highest BCUT2D eigenvalue weighted by atomic mass is 16.5. The number of nitrogens with two attached hydrogens (primary N) is 1. The van der Waals surface area contributed by atoms with Gasteiger partial charge in [0, 0.05) is 11.6 Å². The first kappa shape index (κ1) is 12.0. The lowest BCUT2D eigenvalue weighted by atomic mass is 10.3. The van der Waals surface area contributed by atoms with E-state index in [2.05, 4.69) is 4.98 Å². The lowest BCUT2D eigenvalue weighted by molar-refractivity contribution is -0.143. The highest BCUT2D eigenvalue weighted by Gasteiger charge is 2.30. The van der Waals surface area contributed by atoms with E-state index in [9.17, 15) is 4.79 Å². The second-order valence-electron chi connectivity index (χ2n) is 4.88. The summed E-state index contributed by atoms with van der Waals surface area (Å²) in [6, 6.07) is 5.61. The molecule has 1 aliphatic rings. The summed E-state index contributed by atoms with van der Waals surface area (Å²) in [6.45, 7) is 2.43. The van der Waals surface area contributed by atoms with E-state index in [4.69, 9.17) is 10.5 Å². The van der Waals surface area contributed by atoms with Crippen molar-refractivity contribution >= 4 is 22.7 Å². The summed E-state index contributed by atoms with van der Waals surface area (Å²) in [6.07, 6.45) is 2.28. The first-order valence-electron chi connectivity index (χ1n) is 6.60. The number of benzene rings is 1. The number of anilines is 1. The number of fused-ring (bicyclic) bond motifs is 1. The lowest BCUT2D eigenvalue weighted by Crippen LogP contribution is -2.15. The van der Waals surface area contributed by atoms with Crippen molar-refractivity contribution in [1.29, 1.82) is 0 Å². The maximum Gasteiger partial charge on any atom is 0.326 e. The van der Waals surface area contributed by atoms with Gasteiger partial charge in [-0.15, -0.1) is 0 Å². The summed E-state index contributed by atoms with van der Waals surface area (Å²) < 4.78 is 6.99. The summed E-state index contributed by atoms with van der Waals surface area (Å²) in [7, 11) is 0. The number of nitrogens with zero attached hydrogens (tertiary/aromatic N) is 2. The Bertz CT molecular complexity index is 629. The average molecular weight is 259 g/mol. The number of hydrogen-bond donors (Lipinski definition) is 1. The van der Waals surface area contributed by atoms with Gasteiger partial charge in [0.05, 0.1) is 17.6 Å². The van der Waals surface area contributed by atoms with Crippen molar-refractivity contribution in [3.63, 3.8) is 0 Å². The van der Waals surface area contributed by atoms with Crippen LogP contribution in [-0.2, 0) is 16.1 Å². The molecule has 0 saturated heterocycles. The van der Waals surface area contributed by atoms with E-state index in [-0.39, 0.29) is 12.5 Å². The monoisotopic (exact) mass is 259 g/mol. The molecule has 5 heteroatoms. The fourth-order valence-corrected chi connectivity index (χ4v) is 2.32. The molecule has 3 rings (SSSR count). The van der Waals surface area contributed by atoms with Crippen LogP contribution in [0.2, 0.25) is 0 Å². The molecule has 0 bridgehead atoms. The van der Waals surface area contributed by atoms with Gasteiger partial charge in [0.2, 0.25) is 0 Å². The standard InChI is InChI=1S/C14H17N3O2/c1-2-19-13(18)8-17-12-6-5-10(15)7-11(12)16-14(17)9-3-4-9/h5-7,9H,2-4,8,15H2,1H3. The number of esters is 1. The molecule has 0 unspecified atom stereocenters. The van der Waals surface area contributed by atoms with E-state index in [1.54, 1.807) is 0 Å². The van der Waals surface area contributed by atoms with Crippen LogP contribution in [-0.4, -0.2) is 22.1 Å². The molecule has 1 saturated carbocycles. The van der Waals surface area contributed by atoms with Crippen LogP contribution >= 0.6 is 0 Å². The van der Waals surface area contributed by atoms with Crippen LogP contribution in [0.25, 0.3) is 11.0 Å². The van der Waals surface area contributed by atoms with E-state index < -0.39 is 0 Å². The smallest absolute Gasteiger partial charge is 0.326 e. The van der Waals surface area contributed by atoms with Crippen molar-refractivity contribution in [2.45, 2.75) is 32.2 Å². The quantitative estimate of drug-likeness (QED) is 0.674. The molecular formula is C14H17N3O2. The third-order valence-corrected chi connectivity index (χ3v) is 3.34. The summed E-state index contributed by atoms with van der Waals surface area (Å²) in [4.78, 5) is 16.3. The molecule has 1 fully saturated rings. The Morgan fingerprint density at radius 1 is 1.53 bits per heavy atom. The molecule has 1 aromatic heterocycles. The Balaban J connectivity index is 2.03. The molecule has 1 aromatic carbocycles. The van der Waals surface area contributed by atoms with Crippen molar-refractivity contribution in [1.82, 2.24) is 9.55 Å². The molecule has 100 valence electrons. The molecular weight excluding hydrogens is 242 g/mol. The van der Waals surface area contributed by atoms with Crippen LogP contribution in [0.15, 0.2) is 18.2 Å². The van der Waals surface area contributed by atoms with E-state index in [0.29, 0.717) is 18.2 Å². The van der Waals surface area contributed by atoms with Gasteiger partial charge in [0.15, 0.2) is 0 Å². The van der Waals surface area contributed by atoms with Crippen molar-refractivity contribution in [3.8, 4) is 0 Å². The van der Waals surface area contributed by atoms with E-state index in [1.807, 2.05) is 29.7 Å². The number of aromatic nitrogens is 2. The largest absolute Gasteiger partial charge is 0.465 e. The predicted octanol–water partition coefficient (Wildman–Crippen LogP) is 2.06. The first-order valence-corrected chi connectivity index (χ1v) is 6.60. The van der Waals surface area contributed by atoms with Crippen LogP contribution < -0.4 is 5.73 Å². The third-order valence-electron chi connectivity index (χ3n) is 3.34. The number of rotatable bonds is 4. The maximum atomic E-state index is 11.7. The zero-order chi connectivity index (χ0) is 13.4. The molecule has 0 atom stereocenters. The number of hydrogen-bond acceptors (Lipinski definition) is 4.